The summed E-state index contributed by atoms with van der Waals surface area (Å²) in [5, 5.41) is 9.88. The van der Waals surface area contributed by atoms with Crippen molar-refractivity contribution in [2.24, 2.45) is 0 Å². The van der Waals surface area contributed by atoms with E-state index >= 15 is 0 Å². The molecule has 21 heavy (non-hydrogen) atoms. The van der Waals surface area contributed by atoms with Gasteiger partial charge in [0.15, 0.2) is 0 Å². The molecule has 0 aromatic heterocycles. The van der Waals surface area contributed by atoms with Crippen molar-refractivity contribution in [3.05, 3.63) is 23.8 Å². The first-order chi connectivity index (χ1) is 9.40. The average Bonchev–Trinajstić information content (AvgIpc) is 2.24. The molecule has 0 aliphatic carbocycles. The van der Waals surface area contributed by atoms with Crippen LogP contribution < -0.4 is 10.1 Å². The first-order valence-electron chi connectivity index (χ1n) is 4.91. The minimum absolute atomic E-state index is 0.320. The molecule has 1 amide bonds. The van der Waals surface area contributed by atoms with E-state index in [-0.39, 0.29) is 0 Å². The Morgan fingerprint density at radius 3 is 2.10 bits per heavy atom. The number of hydrogen-bond donors (Lipinski definition) is 2. The molecule has 0 fully saturated rings. The fourth-order valence-corrected chi connectivity index (χ4v) is 1.20. The summed E-state index contributed by atoms with van der Waals surface area (Å²) in [5.74, 6) is -5.26. The molecule has 0 spiro atoms. The summed E-state index contributed by atoms with van der Waals surface area (Å²) in [6, 6.07) is 1.47. The number of alkyl halides is 6. The zero-order valence-electron chi connectivity index (χ0n) is 9.67. The molecule has 5 nitrogen and oxygen atoms in total. The molecule has 0 aliphatic heterocycles. The molecule has 0 saturated carbocycles. The van der Waals surface area contributed by atoms with E-state index in [9.17, 15) is 35.9 Å². The number of hydrogen-bond acceptors (Lipinski definition) is 3. The maximum atomic E-state index is 12.1. The van der Waals surface area contributed by atoms with Crippen molar-refractivity contribution in [1.82, 2.24) is 0 Å². The molecule has 0 radical (unpaired) electrons. The lowest BCUT2D eigenvalue weighted by molar-refractivity contribution is -0.274. The number of aromatic carboxylic acids is 1. The molecule has 0 heterocycles. The van der Waals surface area contributed by atoms with Crippen LogP contribution in [0.3, 0.4) is 0 Å². The van der Waals surface area contributed by atoms with Gasteiger partial charge < -0.3 is 15.2 Å². The standard InChI is InChI=1S/C10H5F6NO4/c11-9(12,13)8(20)17-6-3-4(21-10(14,15)16)1-2-5(6)7(18)19/h1-3H,(H,17,20)(H,18,19). The highest BCUT2D eigenvalue weighted by molar-refractivity contribution is 6.02. The van der Waals surface area contributed by atoms with E-state index in [4.69, 9.17) is 5.11 Å². The maximum absolute atomic E-state index is 12.1. The molecule has 1 aromatic rings. The van der Waals surface area contributed by atoms with Gasteiger partial charge in [-0.25, -0.2) is 4.79 Å². The second-order valence-electron chi connectivity index (χ2n) is 3.51. The van der Waals surface area contributed by atoms with Crippen molar-refractivity contribution in [1.29, 1.82) is 0 Å². The number of nitrogens with one attached hydrogen (secondary N) is 1. The smallest absolute Gasteiger partial charge is 0.478 e. The number of benzene rings is 1. The van der Waals surface area contributed by atoms with Crippen molar-refractivity contribution in [2.45, 2.75) is 12.5 Å². The molecule has 0 atom stereocenters. The molecule has 2 N–H and O–H groups in total. The van der Waals surface area contributed by atoms with Gasteiger partial charge in [-0.05, 0) is 12.1 Å². The number of anilines is 1. The van der Waals surface area contributed by atoms with Crippen LogP contribution in [0.1, 0.15) is 10.4 Å². The van der Waals surface area contributed by atoms with Gasteiger partial charge in [0, 0.05) is 6.07 Å². The van der Waals surface area contributed by atoms with E-state index in [1.54, 1.807) is 0 Å². The molecule has 0 bridgehead atoms. The highest BCUT2D eigenvalue weighted by Crippen LogP contribution is 2.29. The van der Waals surface area contributed by atoms with Crippen LogP contribution in [0.4, 0.5) is 32.0 Å². The van der Waals surface area contributed by atoms with Gasteiger partial charge >= 0.3 is 24.4 Å². The maximum Gasteiger partial charge on any atom is 0.573 e. The van der Waals surface area contributed by atoms with Crippen molar-refractivity contribution >= 4 is 17.6 Å². The molecule has 0 saturated heterocycles. The predicted molar refractivity (Wildman–Crippen MR) is 54.8 cm³/mol. The number of rotatable bonds is 3. The van der Waals surface area contributed by atoms with Crippen molar-refractivity contribution < 1.29 is 45.8 Å². The van der Waals surface area contributed by atoms with E-state index in [0.29, 0.717) is 18.2 Å². The fraction of sp³-hybridized carbons (Fsp3) is 0.200. The highest BCUT2D eigenvalue weighted by Gasteiger charge is 2.39. The lowest BCUT2D eigenvalue weighted by atomic mass is 10.1. The minimum atomic E-state index is -5.34. The van der Waals surface area contributed by atoms with Crippen molar-refractivity contribution in [3.63, 3.8) is 0 Å². The summed E-state index contributed by atoms with van der Waals surface area (Å²) < 4.78 is 75.6. The Balaban J connectivity index is 3.16. The Kier molecular flexibility index (Phi) is 4.35. The Labute approximate surface area is 112 Å². The zero-order valence-corrected chi connectivity index (χ0v) is 9.67. The van der Waals surface area contributed by atoms with Crippen LogP contribution in [0.5, 0.6) is 5.75 Å². The number of carbonyl (C=O) groups is 2. The molecular formula is C10H5F6NO4. The second kappa shape index (κ2) is 5.50. The number of ether oxygens (including phenoxy) is 1. The molecule has 0 aliphatic rings. The first-order valence-corrected chi connectivity index (χ1v) is 4.91. The Hall–Kier alpha value is -2.46. The summed E-state index contributed by atoms with van der Waals surface area (Å²) in [6.45, 7) is 0. The van der Waals surface area contributed by atoms with Gasteiger partial charge in [0.25, 0.3) is 0 Å². The normalized spacial score (nSPS) is 11.9. The van der Waals surface area contributed by atoms with E-state index < -0.39 is 41.4 Å². The Morgan fingerprint density at radius 1 is 1.10 bits per heavy atom. The summed E-state index contributed by atoms with van der Waals surface area (Å²) in [6.07, 6.45) is -10.5. The molecule has 1 aromatic carbocycles. The number of amides is 1. The van der Waals surface area contributed by atoms with Crippen LogP contribution in [-0.4, -0.2) is 29.5 Å². The Bertz CT molecular complexity index is 566. The predicted octanol–water partition coefficient (Wildman–Crippen LogP) is 2.78. The molecule has 0 unspecified atom stereocenters. The quantitative estimate of drug-likeness (QED) is 0.841. The molecular weight excluding hydrogens is 312 g/mol. The topological polar surface area (TPSA) is 75.6 Å². The highest BCUT2D eigenvalue weighted by atomic mass is 19.4. The van der Waals surface area contributed by atoms with Gasteiger partial charge in [-0.2, -0.15) is 13.2 Å². The number of carboxylic acid groups (broad SMARTS) is 1. The van der Waals surface area contributed by atoms with E-state index in [2.05, 4.69) is 4.74 Å². The Morgan fingerprint density at radius 2 is 1.67 bits per heavy atom. The molecule has 1 rings (SSSR count). The van der Waals surface area contributed by atoms with E-state index in [1.165, 1.54) is 5.32 Å². The van der Waals surface area contributed by atoms with Crippen LogP contribution in [0.2, 0.25) is 0 Å². The van der Waals surface area contributed by atoms with Gasteiger partial charge in [-0.1, -0.05) is 0 Å². The van der Waals surface area contributed by atoms with Gasteiger partial charge in [0.2, 0.25) is 0 Å². The fourth-order valence-electron chi connectivity index (χ4n) is 1.20. The van der Waals surface area contributed by atoms with Gasteiger partial charge in [-0.15, -0.1) is 13.2 Å². The monoisotopic (exact) mass is 317 g/mol. The SMILES string of the molecule is O=C(O)c1ccc(OC(F)(F)F)cc1NC(=O)C(F)(F)F. The zero-order chi connectivity index (χ0) is 16.4. The lowest BCUT2D eigenvalue weighted by Gasteiger charge is -2.13. The molecule has 116 valence electrons. The number of halogens is 6. The van der Waals surface area contributed by atoms with Crippen molar-refractivity contribution in [3.8, 4) is 5.75 Å². The van der Waals surface area contributed by atoms with Crippen LogP contribution in [-0.2, 0) is 4.79 Å². The van der Waals surface area contributed by atoms with E-state index in [1.807, 2.05) is 0 Å². The third kappa shape index (κ3) is 4.85. The van der Waals surface area contributed by atoms with Gasteiger partial charge in [0.1, 0.15) is 5.75 Å². The van der Waals surface area contributed by atoms with Gasteiger partial charge in [-0.3, -0.25) is 4.79 Å². The van der Waals surface area contributed by atoms with Crippen LogP contribution in [0.15, 0.2) is 18.2 Å². The summed E-state index contributed by atoms with van der Waals surface area (Å²) >= 11 is 0. The number of carbonyl (C=O) groups excluding carboxylic acids is 1. The first kappa shape index (κ1) is 16.6. The van der Waals surface area contributed by atoms with Crippen molar-refractivity contribution in [2.75, 3.05) is 5.32 Å². The third-order valence-corrected chi connectivity index (χ3v) is 1.96. The van der Waals surface area contributed by atoms with E-state index in [0.717, 1.165) is 0 Å². The summed E-state index contributed by atoms with van der Waals surface area (Å²) in [4.78, 5) is 21.5. The summed E-state index contributed by atoms with van der Waals surface area (Å²) in [5.41, 5.74) is -1.81. The average molecular weight is 317 g/mol. The lowest BCUT2D eigenvalue weighted by Crippen LogP contribution is -2.30. The van der Waals surface area contributed by atoms with Crippen LogP contribution >= 0.6 is 0 Å². The second-order valence-corrected chi connectivity index (χ2v) is 3.51. The molecule has 11 heteroatoms. The summed E-state index contributed by atoms with van der Waals surface area (Å²) in [7, 11) is 0. The van der Waals surface area contributed by atoms with Crippen LogP contribution in [0.25, 0.3) is 0 Å². The third-order valence-electron chi connectivity index (χ3n) is 1.96. The van der Waals surface area contributed by atoms with Crippen LogP contribution in [0, 0.1) is 0 Å². The van der Waals surface area contributed by atoms with Gasteiger partial charge in [0.05, 0.1) is 11.3 Å². The largest absolute Gasteiger partial charge is 0.573 e. The number of carboxylic acids is 1. The minimum Gasteiger partial charge on any atom is -0.478 e.